The molecule has 24 heavy (non-hydrogen) atoms. The van der Waals surface area contributed by atoms with Gasteiger partial charge in [-0.1, -0.05) is 12.2 Å². The molecule has 0 spiro atoms. The van der Waals surface area contributed by atoms with Crippen molar-refractivity contribution in [3.8, 4) is 0 Å². The monoisotopic (exact) mass is 356 g/mol. The van der Waals surface area contributed by atoms with Crippen molar-refractivity contribution in [3.05, 3.63) is 33.9 Å². The van der Waals surface area contributed by atoms with Crippen LogP contribution in [0.3, 0.4) is 0 Å². The summed E-state index contributed by atoms with van der Waals surface area (Å²) in [7, 11) is -3.73. The second kappa shape index (κ2) is 7.53. The van der Waals surface area contributed by atoms with E-state index in [1.165, 1.54) is 0 Å². The maximum absolute atomic E-state index is 12.8. The molecule has 0 unspecified atom stereocenters. The summed E-state index contributed by atoms with van der Waals surface area (Å²) in [6, 6.07) is 0. The van der Waals surface area contributed by atoms with Gasteiger partial charge in [-0.05, 0) is 66.0 Å². The fourth-order valence-electron chi connectivity index (χ4n) is 2.38. The fourth-order valence-corrected chi connectivity index (χ4v) is 4.31. The molecule has 7 heteroatoms. The molecule has 1 aliphatic rings. The van der Waals surface area contributed by atoms with Crippen molar-refractivity contribution in [2.24, 2.45) is 0 Å². The standard InChI is InChI=1S/C17H28N2O4S/c1-11(2)23-16(20)18-14-10-8-9-12(3)15(13(14)4)24(21,22)19-17(5,6)7/h9-11,19H,8H2,1-7H3,(H,18,20). The average molecular weight is 356 g/mol. The van der Waals surface area contributed by atoms with Crippen molar-refractivity contribution in [1.82, 2.24) is 10.0 Å². The highest BCUT2D eigenvalue weighted by Crippen LogP contribution is 2.28. The van der Waals surface area contributed by atoms with Gasteiger partial charge >= 0.3 is 6.09 Å². The Morgan fingerprint density at radius 3 is 2.29 bits per heavy atom. The highest BCUT2D eigenvalue weighted by molar-refractivity contribution is 7.93. The van der Waals surface area contributed by atoms with E-state index in [0.29, 0.717) is 23.3 Å². The first kappa shape index (κ1) is 20.4. The molecule has 136 valence electrons. The topological polar surface area (TPSA) is 84.5 Å². The summed E-state index contributed by atoms with van der Waals surface area (Å²) in [5, 5.41) is 2.64. The van der Waals surface area contributed by atoms with Crippen molar-refractivity contribution >= 4 is 16.1 Å². The predicted octanol–water partition coefficient (Wildman–Crippen LogP) is 3.35. The molecule has 0 aromatic rings. The summed E-state index contributed by atoms with van der Waals surface area (Å²) in [6.07, 6.45) is 3.26. The summed E-state index contributed by atoms with van der Waals surface area (Å²) < 4.78 is 33.3. The van der Waals surface area contributed by atoms with Gasteiger partial charge < -0.3 is 4.74 Å². The van der Waals surface area contributed by atoms with Gasteiger partial charge in [0.25, 0.3) is 0 Å². The maximum Gasteiger partial charge on any atom is 0.411 e. The van der Waals surface area contributed by atoms with Gasteiger partial charge in [0.2, 0.25) is 10.0 Å². The molecule has 0 aromatic carbocycles. The Morgan fingerprint density at radius 2 is 1.79 bits per heavy atom. The van der Waals surface area contributed by atoms with Crippen LogP contribution in [-0.2, 0) is 14.8 Å². The van der Waals surface area contributed by atoms with Crippen LogP contribution in [0.2, 0.25) is 0 Å². The number of amides is 1. The van der Waals surface area contributed by atoms with Gasteiger partial charge in [0.05, 0.1) is 11.0 Å². The third-order valence-electron chi connectivity index (χ3n) is 3.14. The normalized spacial score (nSPS) is 16.5. The molecule has 0 atom stereocenters. The SMILES string of the molecule is CC1=CCC=C(NC(=O)OC(C)C)C(C)=C1S(=O)(=O)NC(C)(C)C. The van der Waals surface area contributed by atoms with Crippen molar-refractivity contribution in [3.63, 3.8) is 0 Å². The highest BCUT2D eigenvalue weighted by atomic mass is 32.2. The van der Waals surface area contributed by atoms with Gasteiger partial charge in [-0.2, -0.15) is 0 Å². The molecule has 6 nitrogen and oxygen atoms in total. The number of alkyl carbamates (subject to hydrolysis) is 1. The lowest BCUT2D eigenvalue weighted by Gasteiger charge is -2.23. The number of hydrogen-bond acceptors (Lipinski definition) is 4. The molecule has 0 fully saturated rings. The van der Waals surface area contributed by atoms with Gasteiger partial charge in [0, 0.05) is 11.2 Å². The Morgan fingerprint density at radius 1 is 1.21 bits per heavy atom. The third-order valence-corrected chi connectivity index (χ3v) is 5.18. The second-order valence-electron chi connectivity index (χ2n) is 7.13. The number of ether oxygens (including phenoxy) is 1. The van der Waals surface area contributed by atoms with Crippen molar-refractivity contribution in [2.75, 3.05) is 0 Å². The summed E-state index contributed by atoms with van der Waals surface area (Å²) in [5.41, 5.74) is 0.975. The minimum absolute atomic E-state index is 0.186. The van der Waals surface area contributed by atoms with Crippen LogP contribution in [0.1, 0.15) is 54.9 Å². The Balaban J connectivity index is 3.26. The van der Waals surface area contributed by atoms with Crippen LogP contribution in [-0.4, -0.2) is 26.2 Å². The second-order valence-corrected chi connectivity index (χ2v) is 8.75. The highest BCUT2D eigenvalue weighted by Gasteiger charge is 2.29. The largest absolute Gasteiger partial charge is 0.447 e. The number of carbonyl (C=O) groups excluding carboxylic acids is 1. The van der Waals surface area contributed by atoms with Crippen molar-refractivity contribution in [1.29, 1.82) is 0 Å². The average Bonchev–Trinajstić information content (AvgIpc) is 2.45. The number of carbonyl (C=O) groups is 1. The third kappa shape index (κ3) is 5.79. The quantitative estimate of drug-likeness (QED) is 0.809. The number of allylic oxidation sites excluding steroid dienone is 4. The molecule has 0 radical (unpaired) electrons. The zero-order valence-electron chi connectivity index (χ0n) is 15.5. The first-order valence-corrected chi connectivity index (χ1v) is 9.42. The predicted molar refractivity (Wildman–Crippen MR) is 95.7 cm³/mol. The first-order chi connectivity index (χ1) is 10.8. The molecule has 1 rings (SSSR count). The van der Waals surface area contributed by atoms with E-state index in [2.05, 4.69) is 10.0 Å². The zero-order valence-corrected chi connectivity index (χ0v) is 16.3. The van der Waals surface area contributed by atoms with Crippen LogP contribution in [0.5, 0.6) is 0 Å². The van der Waals surface area contributed by atoms with Crippen molar-refractivity contribution < 1.29 is 17.9 Å². The molecule has 1 amide bonds. The van der Waals surface area contributed by atoms with Crippen molar-refractivity contribution in [2.45, 2.75) is 66.5 Å². The van der Waals surface area contributed by atoms with Crippen LogP contribution < -0.4 is 10.0 Å². The fraction of sp³-hybridized carbons (Fsp3) is 0.588. The van der Waals surface area contributed by atoms with E-state index in [4.69, 9.17) is 4.74 Å². The number of rotatable bonds is 4. The summed E-state index contributed by atoms with van der Waals surface area (Å²) in [6.45, 7) is 12.3. The molecular formula is C17H28N2O4S. The summed E-state index contributed by atoms with van der Waals surface area (Å²) >= 11 is 0. The van der Waals surface area contributed by atoms with Gasteiger partial charge in [-0.3, -0.25) is 5.32 Å². The van der Waals surface area contributed by atoms with Crippen LogP contribution >= 0.6 is 0 Å². The van der Waals surface area contributed by atoms with E-state index in [9.17, 15) is 13.2 Å². The molecule has 2 N–H and O–H groups in total. The molecule has 0 saturated carbocycles. The lowest BCUT2D eigenvalue weighted by Crippen LogP contribution is -2.41. The van der Waals surface area contributed by atoms with Gasteiger partial charge in [0.1, 0.15) is 0 Å². The molecule has 0 bridgehead atoms. The van der Waals surface area contributed by atoms with Crippen LogP contribution in [0.4, 0.5) is 4.79 Å². The molecule has 0 saturated heterocycles. The van der Waals surface area contributed by atoms with Gasteiger partial charge in [-0.25, -0.2) is 17.9 Å². The van der Waals surface area contributed by atoms with Crippen LogP contribution in [0.15, 0.2) is 33.9 Å². The van der Waals surface area contributed by atoms with Gasteiger partial charge in [-0.15, -0.1) is 0 Å². The lowest BCUT2D eigenvalue weighted by molar-refractivity contribution is 0.118. The minimum Gasteiger partial charge on any atom is -0.447 e. The number of nitrogens with one attached hydrogen (secondary N) is 2. The van der Waals surface area contributed by atoms with Gasteiger partial charge in [0.15, 0.2) is 0 Å². The summed E-state index contributed by atoms with van der Waals surface area (Å²) in [5.74, 6) is 0. The Bertz CT molecular complexity index is 693. The minimum atomic E-state index is -3.73. The molecule has 0 aromatic heterocycles. The van der Waals surface area contributed by atoms with E-state index in [1.54, 1.807) is 54.5 Å². The zero-order chi connectivity index (χ0) is 18.7. The van der Waals surface area contributed by atoms with E-state index < -0.39 is 21.7 Å². The Hall–Kier alpha value is -1.60. The number of sulfonamides is 1. The van der Waals surface area contributed by atoms with E-state index in [-0.39, 0.29) is 11.0 Å². The Kier molecular flexibility index (Phi) is 6.41. The lowest BCUT2D eigenvalue weighted by atomic mass is 10.1. The van der Waals surface area contributed by atoms with E-state index in [0.717, 1.165) is 0 Å². The Labute approximate surface area is 145 Å². The first-order valence-electron chi connectivity index (χ1n) is 7.93. The van der Waals surface area contributed by atoms with Crippen LogP contribution in [0.25, 0.3) is 0 Å². The summed E-state index contributed by atoms with van der Waals surface area (Å²) in [4.78, 5) is 12.1. The van der Waals surface area contributed by atoms with E-state index >= 15 is 0 Å². The molecule has 0 heterocycles. The smallest absolute Gasteiger partial charge is 0.411 e. The van der Waals surface area contributed by atoms with E-state index in [1.807, 2.05) is 6.08 Å². The molecule has 1 aliphatic carbocycles. The maximum atomic E-state index is 12.8. The van der Waals surface area contributed by atoms with Crippen LogP contribution in [0, 0.1) is 0 Å². The molecule has 0 aliphatic heterocycles. The molecular weight excluding hydrogens is 328 g/mol. The number of hydrogen-bond donors (Lipinski definition) is 2.